The summed E-state index contributed by atoms with van der Waals surface area (Å²) in [7, 11) is 2.88. The lowest BCUT2D eigenvalue weighted by molar-refractivity contribution is -0.110. The minimum absolute atomic E-state index is 0.0708. The number of carboxylic acids is 1. The number of nitrogens with two attached hydrogens (primary N) is 1. The number of amides is 2. The third kappa shape index (κ3) is 6.91. The van der Waals surface area contributed by atoms with Gasteiger partial charge in [-0.05, 0) is 54.3 Å². The van der Waals surface area contributed by atoms with Gasteiger partial charge in [-0.15, -0.1) is 0 Å². The maximum atomic E-state index is 14.1. The van der Waals surface area contributed by atoms with Gasteiger partial charge in [-0.3, -0.25) is 0 Å². The number of carbonyl (C=O) groups excluding carboxylic acids is 1. The Bertz CT molecular complexity index is 1230. The number of carboxylic acid groups (broad SMARTS) is 1. The molecule has 0 fully saturated rings. The van der Waals surface area contributed by atoms with Gasteiger partial charge in [0, 0.05) is 35.6 Å². The van der Waals surface area contributed by atoms with E-state index in [1.54, 1.807) is 26.0 Å². The van der Waals surface area contributed by atoms with Crippen LogP contribution in [0.15, 0.2) is 42.5 Å². The van der Waals surface area contributed by atoms with Gasteiger partial charge in [0.2, 0.25) is 0 Å². The Labute approximate surface area is 206 Å². The second-order valence-electron chi connectivity index (χ2n) is 9.00. The summed E-state index contributed by atoms with van der Waals surface area (Å²) in [5.41, 5.74) is 2.43. The maximum Gasteiger partial charge on any atom is 0.335 e. The lowest BCUT2D eigenvalue weighted by atomic mass is 9.73. The van der Waals surface area contributed by atoms with E-state index in [1.807, 2.05) is 0 Å². The summed E-state index contributed by atoms with van der Waals surface area (Å²) in [4.78, 5) is 23.6. The third-order valence-electron chi connectivity index (χ3n) is 5.71. The summed E-state index contributed by atoms with van der Waals surface area (Å²) in [6.45, 7) is 3.28. The quantitative estimate of drug-likeness (QED) is 0.310. The molecule has 1 heterocycles. The molecule has 3 rings (SSSR count). The van der Waals surface area contributed by atoms with Gasteiger partial charge in [-0.25, -0.2) is 22.8 Å². The predicted octanol–water partition coefficient (Wildman–Crippen LogP) is 4.20. The first-order chi connectivity index (χ1) is 16.7. The van der Waals surface area contributed by atoms with Gasteiger partial charge in [-0.2, -0.15) is 0 Å². The Kier molecular flexibility index (Phi) is 8.98. The van der Waals surface area contributed by atoms with E-state index in [4.69, 9.17) is 9.84 Å². The highest BCUT2D eigenvalue weighted by atomic mass is 19.3. The van der Waals surface area contributed by atoms with Gasteiger partial charge in [-0.1, -0.05) is 13.8 Å². The molecule has 6 N–H and O–H groups in total. The van der Waals surface area contributed by atoms with Crippen molar-refractivity contribution >= 4 is 22.9 Å². The Hall–Kier alpha value is -3.73. The number of aromatic amines is 1. The van der Waals surface area contributed by atoms with Crippen molar-refractivity contribution < 1.29 is 37.7 Å². The van der Waals surface area contributed by atoms with Gasteiger partial charge in [0.25, 0.3) is 6.43 Å². The second kappa shape index (κ2) is 11.3. The zero-order valence-corrected chi connectivity index (χ0v) is 20.4. The van der Waals surface area contributed by atoms with E-state index in [9.17, 15) is 27.9 Å². The highest BCUT2D eigenvalue weighted by molar-refractivity contribution is 5.93. The molecule has 0 saturated carbocycles. The number of nitrogens with one attached hydrogen (secondary N) is 2. The Morgan fingerprint density at radius 3 is 2.33 bits per heavy atom. The number of urea groups is 1. The number of fused-ring (bicyclic) bond motifs is 1. The molecule has 196 valence electrons. The van der Waals surface area contributed by atoms with Crippen molar-refractivity contribution in [3.63, 3.8) is 0 Å². The zero-order valence-electron chi connectivity index (χ0n) is 20.4. The fraction of sp³-hybridized carbons (Fsp3) is 0.360. The van der Waals surface area contributed by atoms with Crippen molar-refractivity contribution in [1.29, 1.82) is 0 Å². The largest absolute Gasteiger partial charge is 0.496 e. The number of rotatable bonds is 8. The maximum absolute atomic E-state index is 14.1. The number of primary amides is 1. The van der Waals surface area contributed by atoms with Crippen LogP contribution in [0.1, 0.15) is 41.9 Å². The molecule has 0 bridgehead atoms. The fourth-order valence-electron chi connectivity index (χ4n) is 4.04. The topological polar surface area (TPSA) is 138 Å². The number of ether oxygens (including phenoxy) is 1. The summed E-state index contributed by atoms with van der Waals surface area (Å²) >= 11 is 0. The summed E-state index contributed by atoms with van der Waals surface area (Å²) in [5.74, 6) is -1.29. The predicted molar refractivity (Wildman–Crippen MR) is 129 cm³/mol. The Morgan fingerprint density at radius 2 is 1.81 bits per heavy atom. The smallest absolute Gasteiger partial charge is 0.335 e. The Morgan fingerprint density at radius 1 is 1.17 bits per heavy atom. The van der Waals surface area contributed by atoms with Gasteiger partial charge in [0.1, 0.15) is 17.2 Å². The SMILES string of the molecule is CNC(N)=O.COc1ccc(F)cc1C(C)(C)CC(O)(Cc1cc2cc(C(=O)O)ccc2[nH]1)C(F)F. The number of aromatic carboxylic acids is 1. The van der Waals surface area contributed by atoms with Crippen LogP contribution in [0.25, 0.3) is 10.9 Å². The van der Waals surface area contributed by atoms with Crippen molar-refractivity contribution in [2.75, 3.05) is 14.2 Å². The molecule has 0 aliphatic heterocycles. The molecule has 0 aliphatic carbocycles. The van der Waals surface area contributed by atoms with E-state index in [0.717, 1.165) is 0 Å². The van der Waals surface area contributed by atoms with E-state index in [0.29, 0.717) is 27.9 Å². The van der Waals surface area contributed by atoms with Gasteiger partial charge >= 0.3 is 12.0 Å². The number of aliphatic hydroxyl groups is 1. The summed E-state index contributed by atoms with van der Waals surface area (Å²) in [5, 5.41) is 22.8. The van der Waals surface area contributed by atoms with Crippen molar-refractivity contribution in [3.05, 3.63) is 65.1 Å². The molecule has 2 aromatic carbocycles. The molecule has 11 heteroatoms. The molecular formula is C25H30F3N3O5. The number of methoxy groups -OCH3 is 1. The average molecular weight is 510 g/mol. The highest BCUT2D eigenvalue weighted by Gasteiger charge is 2.44. The van der Waals surface area contributed by atoms with E-state index in [-0.39, 0.29) is 12.0 Å². The molecule has 0 aliphatic rings. The van der Waals surface area contributed by atoms with E-state index in [2.05, 4.69) is 16.0 Å². The molecule has 0 radical (unpaired) electrons. The number of carbonyl (C=O) groups is 2. The van der Waals surface area contributed by atoms with Gasteiger partial charge in [0.05, 0.1) is 12.7 Å². The number of alkyl halides is 2. The summed E-state index contributed by atoms with van der Waals surface area (Å²) in [6, 6.07) is 9.30. The van der Waals surface area contributed by atoms with Crippen LogP contribution in [-0.2, 0) is 11.8 Å². The first kappa shape index (κ1) is 28.5. The van der Waals surface area contributed by atoms with Crippen LogP contribution in [0.4, 0.5) is 18.0 Å². The molecule has 1 unspecified atom stereocenters. The normalized spacial score (nSPS) is 13.0. The highest BCUT2D eigenvalue weighted by Crippen LogP contribution is 2.41. The van der Waals surface area contributed by atoms with Crippen LogP contribution < -0.4 is 15.8 Å². The first-order valence-corrected chi connectivity index (χ1v) is 10.9. The molecule has 0 spiro atoms. The molecule has 2 amide bonds. The molecule has 1 aromatic heterocycles. The first-order valence-electron chi connectivity index (χ1n) is 10.9. The Balaban J connectivity index is 0.000000830. The molecule has 8 nitrogen and oxygen atoms in total. The zero-order chi connectivity index (χ0) is 27.3. The molecule has 1 atom stereocenters. The van der Waals surface area contributed by atoms with Crippen LogP contribution in [0.2, 0.25) is 0 Å². The number of benzene rings is 2. The minimum atomic E-state index is -3.08. The van der Waals surface area contributed by atoms with E-state index in [1.165, 1.54) is 44.5 Å². The number of hydrogen-bond donors (Lipinski definition) is 5. The number of H-pyrrole nitrogens is 1. The number of halogens is 3. The monoisotopic (exact) mass is 509 g/mol. The number of aromatic nitrogens is 1. The lowest BCUT2D eigenvalue weighted by Gasteiger charge is -2.36. The van der Waals surface area contributed by atoms with Crippen LogP contribution in [0.3, 0.4) is 0 Å². The van der Waals surface area contributed by atoms with Gasteiger partial charge < -0.3 is 31.0 Å². The standard InChI is InChI=1S/C23H24F3NO4.C2H6N2O/c1-22(2,17-10-15(24)5-7-19(17)31-3)12-23(30,21(25)26)11-16-9-14-8-13(20(28)29)4-6-18(14)27-16;1-4-2(3)5/h4-10,21,27,30H,11-12H2,1-3H3,(H,28,29);1H3,(H3,3,4,5). The van der Waals surface area contributed by atoms with E-state index < -0.39 is 41.7 Å². The third-order valence-corrected chi connectivity index (χ3v) is 5.71. The number of hydrogen-bond acceptors (Lipinski definition) is 4. The minimum Gasteiger partial charge on any atom is -0.496 e. The lowest BCUT2D eigenvalue weighted by Crippen LogP contribution is -2.45. The van der Waals surface area contributed by atoms with Crippen LogP contribution >= 0.6 is 0 Å². The van der Waals surface area contributed by atoms with Crippen LogP contribution in [0, 0.1) is 5.82 Å². The molecule has 0 saturated heterocycles. The summed E-state index contributed by atoms with van der Waals surface area (Å²) < 4.78 is 47.2. The van der Waals surface area contributed by atoms with Crippen LogP contribution in [-0.4, -0.2) is 53.4 Å². The molecular weight excluding hydrogens is 479 g/mol. The summed E-state index contributed by atoms with van der Waals surface area (Å²) in [6.07, 6.45) is -3.84. The van der Waals surface area contributed by atoms with Gasteiger partial charge in [0.15, 0.2) is 0 Å². The van der Waals surface area contributed by atoms with Crippen molar-refractivity contribution in [2.24, 2.45) is 5.73 Å². The van der Waals surface area contributed by atoms with Crippen molar-refractivity contribution in [1.82, 2.24) is 10.3 Å². The fourth-order valence-corrected chi connectivity index (χ4v) is 4.04. The van der Waals surface area contributed by atoms with Crippen molar-refractivity contribution in [3.8, 4) is 5.75 Å². The second-order valence-corrected chi connectivity index (χ2v) is 9.00. The average Bonchev–Trinajstić information content (AvgIpc) is 3.19. The molecule has 36 heavy (non-hydrogen) atoms. The van der Waals surface area contributed by atoms with Crippen molar-refractivity contribution in [2.45, 2.75) is 44.1 Å². The van der Waals surface area contributed by atoms with E-state index >= 15 is 0 Å². The molecule has 3 aromatic rings. The van der Waals surface area contributed by atoms with Crippen LogP contribution in [0.5, 0.6) is 5.75 Å².